The van der Waals surface area contributed by atoms with Gasteiger partial charge in [0.1, 0.15) is 9.88 Å². The minimum atomic E-state index is -1.17. The summed E-state index contributed by atoms with van der Waals surface area (Å²) in [5.74, 6) is -0.939. The van der Waals surface area contributed by atoms with E-state index >= 15 is 0 Å². The lowest BCUT2D eigenvalue weighted by atomic mass is 9.77. The number of nitrogens with two attached hydrogens (primary N) is 1. The zero-order valence-corrected chi connectivity index (χ0v) is 11.9. The van der Waals surface area contributed by atoms with E-state index in [-0.39, 0.29) is 16.4 Å². The van der Waals surface area contributed by atoms with E-state index in [1.807, 2.05) is 0 Å². The Bertz CT molecular complexity index is 494. The molecule has 0 saturated heterocycles. The van der Waals surface area contributed by atoms with Gasteiger partial charge < -0.3 is 10.8 Å². The molecule has 1 aromatic rings. The highest BCUT2D eigenvalue weighted by atomic mass is 32.1. The van der Waals surface area contributed by atoms with Gasteiger partial charge in [-0.3, -0.25) is 4.79 Å². The second-order valence-corrected chi connectivity index (χ2v) is 6.41. The maximum Gasteiger partial charge on any atom is 0.356 e. The van der Waals surface area contributed by atoms with E-state index in [4.69, 9.17) is 10.8 Å². The van der Waals surface area contributed by atoms with E-state index in [9.17, 15) is 9.59 Å². The number of Topliss-reactive ketones (excluding diaryl/α,β-unsaturated/α-hetero) is 1. The van der Waals surface area contributed by atoms with Crippen LogP contribution in [0.2, 0.25) is 0 Å². The molecule has 0 aromatic carbocycles. The summed E-state index contributed by atoms with van der Waals surface area (Å²) in [4.78, 5) is 27.0. The van der Waals surface area contributed by atoms with Crippen molar-refractivity contribution < 1.29 is 14.7 Å². The first-order valence-electron chi connectivity index (χ1n) is 6.38. The van der Waals surface area contributed by atoms with Gasteiger partial charge >= 0.3 is 5.97 Å². The van der Waals surface area contributed by atoms with Gasteiger partial charge in [-0.15, -0.1) is 11.3 Å². The van der Waals surface area contributed by atoms with Crippen LogP contribution in [0.1, 0.15) is 64.7 Å². The van der Waals surface area contributed by atoms with Gasteiger partial charge in [-0.25, -0.2) is 9.78 Å². The van der Waals surface area contributed by atoms with E-state index in [0.717, 1.165) is 37.0 Å². The van der Waals surface area contributed by atoms with Crippen molar-refractivity contribution in [2.45, 2.75) is 45.1 Å². The highest BCUT2D eigenvalue weighted by Crippen LogP contribution is 2.40. The van der Waals surface area contributed by atoms with E-state index in [2.05, 4.69) is 11.9 Å². The molecule has 1 heterocycles. The second-order valence-electron chi connectivity index (χ2n) is 5.42. The summed E-state index contributed by atoms with van der Waals surface area (Å²) in [5, 5.41) is 9.70. The molecule has 0 spiro atoms. The number of carbonyl (C=O) groups is 2. The van der Waals surface area contributed by atoms with Crippen LogP contribution in [0.5, 0.6) is 0 Å². The number of rotatable bonds is 3. The first-order chi connectivity index (χ1) is 8.83. The fourth-order valence-electron chi connectivity index (χ4n) is 2.70. The van der Waals surface area contributed by atoms with Crippen molar-refractivity contribution in [1.29, 1.82) is 0 Å². The van der Waals surface area contributed by atoms with Crippen molar-refractivity contribution in [2.24, 2.45) is 11.7 Å². The summed E-state index contributed by atoms with van der Waals surface area (Å²) in [6.07, 6.45) is 3.73. The Morgan fingerprint density at radius 2 is 2.21 bits per heavy atom. The Balaban J connectivity index is 2.42. The molecule has 2 unspecified atom stereocenters. The third-order valence-electron chi connectivity index (χ3n) is 3.61. The first-order valence-corrected chi connectivity index (χ1v) is 7.19. The molecule has 0 bridgehead atoms. The normalized spacial score (nSPS) is 27.2. The molecule has 1 aliphatic rings. The molecule has 1 aromatic heterocycles. The monoisotopic (exact) mass is 282 g/mol. The van der Waals surface area contributed by atoms with Gasteiger partial charge in [-0.2, -0.15) is 0 Å². The fourth-order valence-corrected chi connectivity index (χ4v) is 3.80. The number of hydrogen-bond acceptors (Lipinski definition) is 5. The Morgan fingerprint density at radius 3 is 2.68 bits per heavy atom. The van der Waals surface area contributed by atoms with Crippen LogP contribution in [0, 0.1) is 5.92 Å². The van der Waals surface area contributed by atoms with Crippen molar-refractivity contribution in [2.75, 3.05) is 0 Å². The van der Waals surface area contributed by atoms with Crippen LogP contribution in [0.3, 0.4) is 0 Å². The Labute approximate surface area is 115 Å². The largest absolute Gasteiger partial charge is 0.476 e. The average molecular weight is 282 g/mol. The molecule has 1 fully saturated rings. The molecule has 0 aliphatic heterocycles. The molecule has 1 aliphatic carbocycles. The van der Waals surface area contributed by atoms with Crippen molar-refractivity contribution in [3.8, 4) is 0 Å². The number of carbonyl (C=O) groups excluding carboxylic acids is 1. The van der Waals surface area contributed by atoms with Crippen LogP contribution in [0.25, 0.3) is 0 Å². The lowest BCUT2D eigenvalue weighted by molar-refractivity contribution is 0.0686. The summed E-state index contributed by atoms with van der Waals surface area (Å²) >= 11 is 1.14. The number of ketones is 1. The SMILES string of the molecule is CC(=O)c1sc(C2(N)CCCC(C)C2)nc1C(=O)O. The van der Waals surface area contributed by atoms with Crippen LogP contribution in [0.15, 0.2) is 0 Å². The minimum absolute atomic E-state index is 0.157. The van der Waals surface area contributed by atoms with Gasteiger partial charge in [0, 0.05) is 6.92 Å². The van der Waals surface area contributed by atoms with Crippen LogP contribution < -0.4 is 5.73 Å². The van der Waals surface area contributed by atoms with Gasteiger partial charge in [0.2, 0.25) is 0 Å². The molecule has 5 nitrogen and oxygen atoms in total. The van der Waals surface area contributed by atoms with Crippen molar-refractivity contribution in [1.82, 2.24) is 4.98 Å². The zero-order chi connectivity index (χ0) is 14.2. The topological polar surface area (TPSA) is 93.3 Å². The number of carboxylic acids is 1. The third-order valence-corrected chi connectivity index (χ3v) is 4.98. The van der Waals surface area contributed by atoms with Gasteiger partial charge in [-0.05, 0) is 18.8 Å². The van der Waals surface area contributed by atoms with Crippen molar-refractivity contribution in [3.05, 3.63) is 15.6 Å². The summed E-state index contributed by atoms with van der Waals surface area (Å²) in [7, 11) is 0. The molecule has 0 radical (unpaired) electrons. The van der Waals surface area contributed by atoms with Crippen molar-refractivity contribution in [3.63, 3.8) is 0 Å². The molecule has 1 saturated carbocycles. The molecule has 104 valence electrons. The molecular formula is C13H18N2O3S. The molecule has 2 rings (SSSR count). The molecule has 0 amide bonds. The number of carboxylic acid groups (broad SMARTS) is 1. The van der Waals surface area contributed by atoms with E-state index in [1.165, 1.54) is 6.92 Å². The summed E-state index contributed by atoms with van der Waals surface area (Å²) < 4.78 is 0. The van der Waals surface area contributed by atoms with Crippen molar-refractivity contribution >= 4 is 23.1 Å². The Kier molecular flexibility index (Phi) is 3.73. The Hall–Kier alpha value is -1.27. The molecule has 19 heavy (non-hydrogen) atoms. The minimum Gasteiger partial charge on any atom is -0.476 e. The number of thiazole rings is 1. The highest BCUT2D eigenvalue weighted by molar-refractivity contribution is 7.14. The van der Waals surface area contributed by atoms with Crippen LogP contribution >= 0.6 is 11.3 Å². The number of nitrogens with zero attached hydrogens (tertiary/aromatic N) is 1. The predicted octanol–water partition coefficient (Wildman–Crippen LogP) is 2.41. The van der Waals surface area contributed by atoms with Crippen LogP contribution in [0.4, 0.5) is 0 Å². The summed E-state index contributed by atoms with van der Waals surface area (Å²) in [6, 6.07) is 0. The standard InChI is InChI=1S/C13H18N2O3S/c1-7-4-3-5-13(14,6-7)12-15-9(11(17)18)10(19-12)8(2)16/h7H,3-6,14H2,1-2H3,(H,17,18). The lowest BCUT2D eigenvalue weighted by Crippen LogP contribution is -2.41. The molecule has 2 atom stereocenters. The summed E-state index contributed by atoms with van der Waals surface area (Å²) in [5.41, 5.74) is 5.66. The molecule has 3 N–H and O–H groups in total. The summed E-state index contributed by atoms with van der Waals surface area (Å²) in [6.45, 7) is 3.49. The quantitative estimate of drug-likeness (QED) is 0.830. The lowest BCUT2D eigenvalue weighted by Gasteiger charge is -2.35. The predicted molar refractivity (Wildman–Crippen MR) is 72.6 cm³/mol. The fraction of sp³-hybridized carbons (Fsp3) is 0.615. The van der Waals surface area contributed by atoms with Crippen LogP contribution in [-0.4, -0.2) is 21.8 Å². The number of aromatic carboxylic acids is 1. The second kappa shape index (κ2) is 5.02. The van der Waals surface area contributed by atoms with Gasteiger partial charge in [-0.1, -0.05) is 19.8 Å². The maximum atomic E-state index is 11.5. The average Bonchev–Trinajstić information content (AvgIpc) is 2.74. The molecular weight excluding hydrogens is 264 g/mol. The highest BCUT2D eigenvalue weighted by Gasteiger charge is 2.37. The number of hydrogen-bond donors (Lipinski definition) is 2. The maximum absolute atomic E-state index is 11.5. The van der Waals surface area contributed by atoms with Gasteiger partial charge in [0.25, 0.3) is 0 Å². The number of aromatic nitrogens is 1. The van der Waals surface area contributed by atoms with E-state index in [0.29, 0.717) is 10.9 Å². The van der Waals surface area contributed by atoms with Gasteiger partial charge in [0.15, 0.2) is 11.5 Å². The molecule has 6 heteroatoms. The van der Waals surface area contributed by atoms with E-state index in [1.54, 1.807) is 0 Å². The zero-order valence-electron chi connectivity index (χ0n) is 11.1. The van der Waals surface area contributed by atoms with E-state index < -0.39 is 11.5 Å². The van der Waals surface area contributed by atoms with Crippen LogP contribution in [-0.2, 0) is 5.54 Å². The first kappa shape index (κ1) is 14.1. The Morgan fingerprint density at radius 1 is 1.53 bits per heavy atom. The smallest absolute Gasteiger partial charge is 0.356 e. The van der Waals surface area contributed by atoms with Gasteiger partial charge in [0.05, 0.1) is 5.54 Å². The third kappa shape index (κ3) is 2.69.